The maximum Gasteiger partial charge on any atom is 0.253 e. The minimum atomic E-state index is -0.105. The number of amides is 2. The van der Waals surface area contributed by atoms with Gasteiger partial charge in [-0.05, 0) is 37.7 Å². The van der Waals surface area contributed by atoms with Gasteiger partial charge in [-0.2, -0.15) is 11.8 Å². The average molecular weight is 372 g/mol. The molecule has 0 aromatic heterocycles. The highest BCUT2D eigenvalue weighted by atomic mass is 35.5. The average Bonchev–Trinajstić information content (AvgIpc) is 2.57. The van der Waals surface area contributed by atoms with Crippen molar-refractivity contribution >= 4 is 41.7 Å². The van der Waals surface area contributed by atoms with Crippen LogP contribution >= 0.6 is 24.2 Å². The van der Waals surface area contributed by atoms with Gasteiger partial charge in [0.2, 0.25) is 5.91 Å². The van der Waals surface area contributed by atoms with E-state index in [4.69, 9.17) is 0 Å². The lowest BCUT2D eigenvalue weighted by Crippen LogP contribution is -2.37. The monoisotopic (exact) mass is 371 g/mol. The van der Waals surface area contributed by atoms with Crippen molar-refractivity contribution in [1.29, 1.82) is 0 Å². The summed E-state index contributed by atoms with van der Waals surface area (Å²) in [7, 11) is 1.83. The molecule has 1 aromatic carbocycles. The molecular weight excluding hydrogens is 346 g/mol. The molecule has 134 valence electrons. The maximum absolute atomic E-state index is 12.5. The first-order chi connectivity index (χ1) is 11.0. The van der Waals surface area contributed by atoms with Crippen LogP contribution < -0.4 is 10.6 Å². The lowest BCUT2D eigenvalue weighted by molar-refractivity contribution is -0.119. The predicted molar refractivity (Wildman–Crippen MR) is 103 cm³/mol. The topological polar surface area (TPSA) is 61.4 Å². The molecule has 0 radical (unpaired) electrons. The molecule has 1 heterocycles. The summed E-state index contributed by atoms with van der Waals surface area (Å²) < 4.78 is 0. The predicted octanol–water partition coefficient (Wildman–Crippen LogP) is 2.40. The van der Waals surface area contributed by atoms with Crippen molar-refractivity contribution < 1.29 is 9.59 Å². The van der Waals surface area contributed by atoms with Crippen LogP contribution in [0.1, 0.15) is 22.8 Å². The second kappa shape index (κ2) is 9.91. The lowest BCUT2D eigenvalue weighted by Gasteiger charge is -2.26. The van der Waals surface area contributed by atoms with E-state index in [0.29, 0.717) is 12.1 Å². The summed E-state index contributed by atoms with van der Waals surface area (Å²) in [6.07, 6.45) is 0. The zero-order chi connectivity index (χ0) is 16.8. The molecule has 1 atom stereocenters. The second-order valence-corrected chi connectivity index (χ2v) is 7.11. The Hall–Kier alpha value is -1.24. The van der Waals surface area contributed by atoms with Gasteiger partial charge in [0.15, 0.2) is 0 Å². The third-order valence-electron chi connectivity index (χ3n) is 3.99. The van der Waals surface area contributed by atoms with E-state index < -0.39 is 0 Å². The van der Waals surface area contributed by atoms with Gasteiger partial charge < -0.3 is 15.5 Å². The van der Waals surface area contributed by atoms with E-state index in [1.165, 1.54) is 0 Å². The molecule has 24 heavy (non-hydrogen) atoms. The molecule has 1 aromatic rings. The van der Waals surface area contributed by atoms with E-state index in [-0.39, 0.29) is 30.1 Å². The van der Waals surface area contributed by atoms with Gasteiger partial charge in [0.25, 0.3) is 5.91 Å². The van der Waals surface area contributed by atoms with Gasteiger partial charge in [0.1, 0.15) is 0 Å². The van der Waals surface area contributed by atoms with E-state index in [1.807, 2.05) is 49.7 Å². The van der Waals surface area contributed by atoms with Gasteiger partial charge in [0, 0.05) is 48.3 Å². The number of carbonyl (C=O) groups is 2. The number of halogens is 1. The highest BCUT2D eigenvalue weighted by Crippen LogP contribution is 2.20. The fourth-order valence-corrected chi connectivity index (χ4v) is 3.44. The van der Waals surface area contributed by atoms with Crippen molar-refractivity contribution in [3.8, 4) is 0 Å². The third kappa shape index (κ3) is 5.40. The van der Waals surface area contributed by atoms with Crippen LogP contribution in [0.4, 0.5) is 5.69 Å². The summed E-state index contributed by atoms with van der Waals surface area (Å²) in [4.78, 5) is 26.5. The molecule has 1 fully saturated rings. The largest absolute Gasteiger partial charge is 0.337 e. The molecule has 0 bridgehead atoms. The molecule has 1 unspecified atom stereocenters. The van der Waals surface area contributed by atoms with E-state index >= 15 is 0 Å². The van der Waals surface area contributed by atoms with E-state index in [2.05, 4.69) is 10.6 Å². The Kier molecular flexibility index (Phi) is 8.59. The first-order valence-corrected chi connectivity index (χ1v) is 9.11. The fraction of sp³-hybridized carbons (Fsp3) is 0.529. The SMILES string of the molecule is CNCC(C)C(=O)Nc1ccc(C(=O)N2CCSCC2)cc1C.Cl. The van der Waals surface area contributed by atoms with Gasteiger partial charge in [0.05, 0.1) is 0 Å². The summed E-state index contributed by atoms with van der Waals surface area (Å²) >= 11 is 1.88. The Morgan fingerprint density at radius 1 is 1.29 bits per heavy atom. The first kappa shape index (κ1) is 20.8. The van der Waals surface area contributed by atoms with Crippen LogP contribution in [0.2, 0.25) is 0 Å². The van der Waals surface area contributed by atoms with Crippen LogP contribution in [0.3, 0.4) is 0 Å². The molecule has 0 spiro atoms. The Morgan fingerprint density at radius 2 is 1.96 bits per heavy atom. The number of hydrogen-bond donors (Lipinski definition) is 2. The van der Waals surface area contributed by atoms with Gasteiger partial charge in [-0.15, -0.1) is 12.4 Å². The molecule has 2 amide bonds. The smallest absolute Gasteiger partial charge is 0.253 e. The molecule has 1 saturated heterocycles. The first-order valence-electron chi connectivity index (χ1n) is 7.96. The van der Waals surface area contributed by atoms with Gasteiger partial charge in [-0.25, -0.2) is 0 Å². The van der Waals surface area contributed by atoms with Crippen molar-refractivity contribution in [2.24, 2.45) is 5.92 Å². The number of nitrogens with zero attached hydrogens (tertiary/aromatic N) is 1. The summed E-state index contributed by atoms with van der Waals surface area (Å²) in [6, 6.07) is 5.49. The minimum absolute atomic E-state index is 0. The van der Waals surface area contributed by atoms with Gasteiger partial charge in [-0.1, -0.05) is 6.92 Å². The standard InChI is InChI=1S/C17H25N3O2S.ClH/c1-12-10-14(17(22)20-6-8-23-9-7-20)4-5-15(12)19-16(21)13(2)11-18-3;/h4-5,10,13,18H,6-9,11H2,1-3H3,(H,19,21);1H. The number of benzene rings is 1. The van der Waals surface area contributed by atoms with Crippen LogP contribution in [-0.2, 0) is 4.79 Å². The minimum Gasteiger partial charge on any atom is -0.337 e. The third-order valence-corrected chi connectivity index (χ3v) is 4.93. The summed E-state index contributed by atoms with van der Waals surface area (Å²) in [5.74, 6) is 1.96. The van der Waals surface area contributed by atoms with Crippen molar-refractivity contribution in [3.63, 3.8) is 0 Å². The number of nitrogens with one attached hydrogen (secondary N) is 2. The van der Waals surface area contributed by atoms with Crippen molar-refractivity contribution in [1.82, 2.24) is 10.2 Å². The Morgan fingerprint density at radius 3 is 2.54 bits per heavy atom. The highest BCUT2D eigenvalue weighted by Gasteiger charge is 2.19. The molecule has 7 heteroatoms. The number of rotatable bonds is 5. The summed E-state index contributed by atoms with van der Waals surface area (Å²) in [5, 5.41) is 5.93. The number of thioether (sulfide) groups is 1. The van der Waals surface area contributed by atoms with Crippen molar-refractivity contribution in [2.75, 3.05) is 43.5 Å². The molecule has 2 N–H and O–H groups in total. The van der Waals surface area contributed by atoms with Crippen molar-refractivity contribution in [2.45, 2.75) is 13.8 Å². The van der Waals surface area contributed by atoms with Gasteiger partial charge in [-0.3, -0.25) is 9.59 Å². The van der Waals surface area contributed by atoms with Gasteiger partial charge >= 0.3 is 0 Å². The molecule has 0 aliphatic carbocycles. The lowest BCUT2D eigenvalue weighted by atomic mass is 10.1. The fourth-order valence-electron chi connectivity index (χ4n) is 2.54. The Bertz CT molecular complexity index is 577. The molecule has 1 aliphatic rings. The summed E-state index contributed by atoms with van der Waals surface area (Å²) in [5.41, 5.74) is 2.37. The number of aryl methyl sites for hydroxylation is 1. The number of carbonyl (C=O) groups excluding carboxylic acids is 2. The molecule has 0 saturated carbocycles. The summed E-state index contributed by atoms with van der Waals surface area (Å²) in [6.45, 7) is 6.05. The normalized spacial score (nSPS) is 15.4. The zero-order valence-corrected chi connectivity index (χ0v) is 16.1. The van der Waals surface area contributed by atoms with E-state index in [0.717, 1.165) is 35.8 Å². The van der Waals surface area contributed by atoms with Crippen LogP contribution in [-0.4, -0.2) is 54.9 Å². The van der Waals surface area contributed by atoms with Crippen LogP contribution in [0, 0.1) is 12.8 Å². The Labute approximate surface area is 154 Å². The number of anilines is 1. The quantitative estimate of drug-likeness (QED) is 0.834. The second-order valence-electron chi connectivity index (χ2n) is 5.88. The zero-order valence-electron chi connectivity index (χ0n) is 14.4. The van der Waals surface area contributed by atoms with Crippen molar-refractivity contribution in [3.05, 3.63) is 29.3 Å². The molecular formula is C17H26ClN3O2S. The van der Waals surface area contributed by atoms with Crippen LogP contribution in [0.5, 0.6) is 0 Å². The molecule has 5 nitrogen and oxygen atoms in total. The molecule has 1 aliphatic heterocycles. The van der Waals surface area contributed by atoms with Crippen LogP contribution in [0.25, 0.3) is 0 Å². The number of hydrogen-bond acceptors (Lipinski definition) is 4. The molecule has 2 rings (SSSR count). The Balaban J connectivity index is 0.00000288. The maximum atomic E-state index is 12.5. The van der Waals surface area contributed by atoms with E-state index in [9.17, 15) is 9.59 Å². The van der Waals surface area contributed by atoms with Crippen LogP contribution in [0.15, 0.2) is 18.2 Å². The highest BCUT2D eigenvalue weighted by molar-refractivity contribution is 7.99. The van der Waals surface area contributed by atoms with E-state index in [1.54, 1.807) is 6.07 Å².